The third-order valence-corrected chi connectivity index (χ3v) is 5.15. The molecule has 3 aromatic rings. The number of ketones is 1. The maximum atomic E-state index is 13.1. The number of nitrogens with zero attached hydrogens (tertiary/aromatic N) is 3. The Hall–Kier alpha value is -1.93. The van der Waals surface area contributed by atoms with E-state index in [0.29, 0.717) is 31.5 Å². The number of amides is 1. The van der Waals surface area contributed by atoms with Crippen LogP contribution in [0.25, 0.3) is 5.82 Å². The van der Waals surface area contributed by atoms with Crippen molar-refractivity contribution in [1.82, 2.24) is 14.8 Å². The molecule has 2 aromatic heterocycles. The zero-order valence-electron chi connectivity index (χ0n) is 15.3. The summed E-state index contributed by atoms with van der Waals surface area (Å²) >= 11 is 21.5. The number of carbonyl (C=O) groups excluding carboxylic acids is 2. The second-order valence-corrected chi connectivity index (χ2v) is 8.19. The molecule has 0 saturated carbocycles. The monoisotopic (exact) mass is 514 g/mol. The van der Waals surface area contributed by atoms with Crippen LogP contribution in [0.3, 0.4) is 0 Å². The summed E-state index contributed by atoms with van der Waals surface area (Å²) in [6.07, 6.45) is 1.68. The highest BCUT2D eigenvalue weighted by Crippen LogP contribution is 2.29. The average molecular weight is 517 g/mol. The van der Waals surface area contributed by atoms with Gasteiger partial charge in [0.25, 0.3) is 5.91 Å². The zero-order valence-corrected chi connectivity index (χ0v) is 19.1. The zero-order chi connectivity index (χ0) is 21.3. The number of aryl methyl sites for hydroxylation is 1. The van der Waals surface area contributed by atoms with E-state index in [9.17, 15) is 9.59 Å². The fraction of sp³-hybridized carbons (Fsp3) is 0.158. The first-order valence-corrected chi connectivity index (χ1v) is 10.4. The van der Waals surface area contributed by atoms with Crippen molar-refractivity contribution in [2.45, 2.75) is 20.3 Å². The molecule has 0 bridgehead atoms. The van der Waals surface area contributed by atoms with E-state index in [1.807, 2.05) is 0 Å². The van der Waals surface area contributed by atoms with Crippen LogP contribution in [0, 0.1) is 6.92 Å². The maximum Gasteiger partial charge on any atom is 0.274 e. The highest BCUT2D eigenvalue weighted by atomic mass is 79.9. The number of anilines is 1. The minimum absolute atomic E-state index is 0.136. The minimum atomic E-state index is -0.494. The van der Waals surface area contributed by atoms with Crippen molar-refractivity contribution >= 4 is 68.1 Å². The van der Waals surface area contributed by atoms with E-state index in [4.69, 9.17) is 34.8 Å². The molecule has 6 nitrogen and oxygen atoms in total. The number of benzene rings is 1. The lowest BCUT2D eigenvalue weighted by Crippen LogP contribution is -2.20. The van der Waals surface area contributed by atoms with Crippen molar-refractivity contribution in [1.29, 1.82) is 0 Å². The SMILES string of the molecule is CCC(=O)c1cc(Cl)cc(C)c1NC(=O)c1cc(Br)nn1-c1ncc(Cl)cc1Cl. The molecule has 1 aromatic carbocycles. The Labute approximate surface area is 190 Å². The minimum Gasteiger partial charge on any atom is -0.320 e. The molecule has 0 fully saturated rings. The molecular formula is C19H14BrCl3N4O2. The molecule has 1 amide bonds. The standard InChI is InChI=1S/C19H14BrCl3N4O2/c1-3-15(28)12-5-10(21)4-9(2)17(12)25-19(29)14-7-16(20)26-27(14)18-13(23)6-11(22)8-24-18/h4-8H,3H2,1-2H3,(H,25,29). The third kappa shape index (κ3) is 4.64. The summed E-state index contributed by atoms with van der Waals surface area (Å²) in [5.74, 6) is -0.390. The largest absolute Gasteiger partial charge is 0.320 e. The van der Waals surface area contributed by atoms with Gasteiger partial charge in [0.2, 0.25) is 0 Å². The Bertz CT molecular complexity index is 1130. The summed E-state index contributed by atoms with van der Waals surface area (Å²) in [5.41, 5.74) is 1.57. The van der Waals surface area contributed by atoms with Gasteiger partial charge in [-0.1, -0.05) is 41.7 Å². The predicted molar refractivity (Wildman–Crippen MR) is 118 cm³/mol. The number of nitrogens with one attached hydrogen (secondary N) is 1. The highest BCUT2D eigenvalue weighted by molar-refractivity contribution is 9.10. The van der Waals surface area contributed by atoms with E-state index < -0.39 is 5.91 Å². The van der Waals surface area contributed by atoms with Crippen LogP contribution in [-0.2, 0) is 0 Å². The molecule has 0 unspecified atom stereocenters. The summed E-state index contributed by atoms with van der Waals surface area (Å²) in [6.45, 7) is 3.50. The molecule has 0 aliphatic heterocycles. The lowest BCUT2D eigenvalue weighted by molar-refractivity contribution is 0.0989. The van der Waals surface area contributed by atoms with E-state index in [0.717, 1.165) is 0 Å². The molecule has 10 heteroatoms. The molecule has 0 aliphatic rings. The number of Topliss-reactive ketones (excluding diaryl/α,β-unsaturated/α-hetero) is 1. The number of hydrogen-bond acceptors (Lipinski definition) is 4. The Kier molecular flexibility index (Phi) is 6.63. The van der Waals surface area contributed by atoms with Gasteiger partial charge in [-0.2, -0.15) is 5.10 Å². The van der Waals surface area contributed by atoms with Gasteiger partial charge in [-0.15, -0.1) is 0 Å². The van der Waals surface area contributed by atoms with Crippen molar-refractivity contribution < 1.29 is 9.59 Å². The van der Waals surface area contributed by atoms with Crippen LogP contribution >= 0.6 is 50.7 Å². The predicted octanol–water partition coefficient (Wildman–Crippen LogP) is 6.14. The Morgan fingerprint density at radius 3 is 2.52 bits per heavy atom. The van der Waals surface area contributed by atoms with E-state index in [1.54, 1.807) is 26.0 Å². The molecule has 150 valence electrons. The second kappa shape index (κ2) is 8.83. The molecule has 29 heavy (non-hydrogen) atoms. The van der Waals surface area contributed by atoms with Gasteiger partial charge in [-0.25, -0.2) is 9.67 Å². The molecule has 1 N–H and O–H groups in total. The first-order chi connectivity index (χ1) is 13.7. The number of hydrogen-bond donors (Lipinski definition) is 1. The van der Waals surface area contributed by atoms with Crippen molar-refractivity contribution in [3.8, 4) is 5.82 Å². The van der Waals surface area contributed by atoms with Crippen LogP contribution < -0.4 is 5.32 Å². The third-order valence-electron chi connectivity index (χ3n) is 4.06. The number of rotatable bonds is 5. The molecule has 0 saturated heterocycles. The molecular weight excluding hydrogens is 502 g/mol. The van der Waals surface area contributed by atoms with Crippen molar-refractivity contribution in [3.63, 3.8) is 0 Å². The normalized spacial score (nSPS) is 10.8. The van der Waals surface area contributed by atoms with Gasteiger partial charge in [0, 0.05) is 29.3 Å². The van der Waals surface area contributed by atoms with Crippen LogP contribution in [0.1, 0.15) is 39.8 Å². The number of halogens is 4. The van der Waals surface area contributed by atoms with Gasteiger partial charge in [-0.3, -0.25) is 9.59 Å². The smallest absolute Gasteiger partial charge is 0.274 e. The van der Waals surface area contributed by atoms with E-state index in [-0.39, 0.29) is 28.7 Å². The van der Waals surface area contributed by atoms with Crippen LogP contribution in [-0.4, -0.2) is 26.5 Å². The summed E-state index contributed by atoms with van der Waals surface area (Å²) in [5, 5.41) is 8.04. The van der Waals surface area contributed by atoms with Crippen LogP contribution in [0.5, 0.6) is 0 Å². The number of carbonyl (C=O) groups is 2. The summed E-state index contributed by atoms with van der Waals surface area (Å²) in [4.78, 5) is 29.6. The Morgan fingerprint density at radius 2 is 1.86 bits per heavy atom. The number of aromatic nitrogens is 3. The number of pyridine rings is 1. The summed E-state index contributed by atoms with van der Waals surface area (Å²) < 4.78 is 1.71. The van der Waals surface area contributed by atoms with Crippen LogP contribution in [0.4, 0.5) is 5.69 Å². The lowest BCUT2D eigenvalue weighted by Gasteiger charge is -2.14. The van der Waals surface area contributed by atoms with Crippen LogP contribution in [0.2, 0.25) is 15.1 Å². The molecule has 0 radical (unpaired) electrons. The lowest BCUT2D eigenvalue weighted by atomic mass is 10.0. The highest BCUT2D eigenvalue weighted by Gasteiger charge is 2.22. The van der Waals surface area contributed by atoms with Gasteiger partial charge in [-0.05, 0) is 46.6 Å². The second-order valence-electron chi connectivity index (χ2n) is 6.10. The molecule has 0 spiro atoms. The van der Waals surface area contributed by atoms with Gasteiger partial charge in [0.1, 0.15) is 10.3 Å². The van der Waals surface area contributed by atoms with Crippen LogP contribution in [0.15, 0.2) is 35.1 Å². The topological polar surface area (TPSA) is 76.9 Å². The van der Waals surface area contributed by atoms with E-state index in [1.165, 1.54) is 23.0 Å². The molecule has 2 heterocycles. The van der Waals surface area contributed by atoms with E-state index >= 15 is 0 Å². The first-order valence-electron chi connectivity index (χ1n) is 8.43. The molecule has 3 rings (SSSR count). The first kappa shape index (κ1) is 21.8. The van der Waals surface area contributed by atoms with Crippen molar-refractivity contribution in [3.05, 3.63) is 67.0 Å². The molecule has 0 aliphatic carbocycles. The quantitative estimate of drug-likeness (QED) is 0.413. The Balaban J connectivity index is 2.05. The van der Waals surface area contributed by atoms with Gasteiger partial charge in [0.05, 0.1) is 15.7 Å². The van der Waals surface area contributed by atoms with Crippen molar-refractivity contribution in [2.75, 3.05) is 5.32 Å². The van der Waals surface area contributed by atoms with Crippen molar-refractivity contribution in [2.24, 2.45) is 0 Å². The van der Waals surface area contributed by atoms with Gasteiger partial charge < -0.3 is 5.32 Å². The molecule has 0 atom stereocenters. The fourth-order valence-corrected chi connectivity index (χ4v) is 3.84. The van der Waals surface area contributed by atoms with Gasteiger partial charge >= 0.3 is 0 Å². The van der Waals surface area contributed by atoms with Gasteiger partial charge in [0.15, 0.2) is 11.6 Å². The average Bonchev–Trinajstić information content (AvgIpc) is 3.04. The Morgan fingerprint density at radius 1 is 1.14 bits per heavy atom. The summed E-state index contributed by atoms with van der Waals surface area (Å²) in [6, 6.07) is 6.24. The maximum absolute atomic E-state index is 13.1. The summed E-state index contributed by atoms with van der Waals surface area (Å²) in [7, 11) is 0. The van der Waals surface area contributed by atoms with E-state index in [2.05, 4.69) is 31.3 Å². The fourth-order valence-electron chi connectivity index (χ4n) is 2.74.